The Hall–Kier alpha value is -1.00. The molecular weight excluding hydrogens is 220 g/mol. The van der Waals surface area contributed by atoms with Gasteiger partial charge in [-0.15, -0.1) is 11.8 Å². The van der Waals surface area contributed by atoms with Crippen molar-refractivity contribution >= 4 is 17.7 Å². The lowest BCUT2D eigenvalue weighted by Gasteiger charge is -2.09. The first-order chi connectivity index (χ1) is 7.63. The van der Waals surface area contributed by atoms with Gasteiger partial charge in [0.05, 0.1) is 0 Å². The zero-order chi connectivity index (χ0) is 12.0. The standard InChI is InChI=1S/C12H18N2OS/c1-14(13)12(15)5-3-4-10-6-8-11(16-2)9-7-10/h6-9H,3-5,13H2,1-2H3. The van der Waals surface area contributed by atoms with Crippen LogP contribution in [0.2, 0.25) is 0 Å². The average Bonchev–Trinajstić information content (AvgIpc) is 2.29. The first kappa shape index (κ1) is 13.1. The van der Waals surface area contributed by atoms with Crippen LogP contribution < -0.4 is 5.84 Å². The zero-order valence-electron chi connectivity index (χ0n) is 9.77. The Bertz CT molecular complexity index is 335. The molecule has 0 saturated heterocycles. The molecule has 16 heavy (non-hydrogen) atoms. The zero-order valence-corrected chi connectivity index (χ0v) is 10.6. The molecule has 0 spiro atoms. The van der Waals surface area contributed by atoms with Crippen molar-refractivity contribution in [2.75, 3.05) is 13.3 Å². The summed E-state index contributed by atoms with van der Waals surface area (Å²) in [5.74, 6) is 5.32. The monoisotopic (exact) mass is 238 g/mol. The summed E-state index contributed by atoms with van der Waals surface area (Å²) >= 11 is 1.73. The van der Waals surface area contributed by atoms with E-state index in [-0.39, 0.29) is 5.91 Å². The lowest BCUT2D eigenvalue weighted by molar-refractivity contribution is -0.130. The Morgan fingerprint density at radius 2 is 2.00 bits per heavy atom. The number of aryl methyl sites for hydroxylation is 1. The topological polar surface area (TPSA) is 46.3 Å². The van der Waals surface area contributed by atoms with Crippen LogP contribution in [-0.2, 0) is 11.2 Å². The Morgan fingerprint density at radius 3 is 2.50 bits per heavy atom. The van der Waals surface area contributed by atoms with Crippen LogP contribution in [0.15, 0.2) is 29.2 Å². The predicted octanol–water partition coefficient (Wildman–Crippen LogP) is 2.06. The normalized spacial score (nSPS) is 10.2. The average molecular weight is 238 g/mol. The van der Waals surface area contributed by atoms with E-state index in [1.807, 2.05) is 0 Å². The van der Waals surface area contributed by atoms with Crippen molar-refractivity contribution in [1.29, 1.82) is 0 Å². The van der Waals surface area contributed by atoms with Crippen molar-refractivity contribution in [3.8, 4) is 0 Å². The SMILES string of the molecule is CSc1ccc(CCCC(=O)N(C)N)cc1. The fourth-order valence-electron chi connectivity index (χ4n) is 1.41. The maximum absolute atomic E-state index is 11.2. The molecule has 1 amide bonds. The molecule has 3 nitrogen and oxygen atoms in total. The number of benzene rings is 1. The second kappa shape index (κ2) is 6.55. The van der Waals surface area contributed by atoms with Crippen LogP contribution in [-0.4, -0.2) is 24.2 Å². The highest BCUT2D eigenvalue weighted by atomic mass is 32.2. The van der Waals surface area contributed by atoms with Crippen LogP contribution in [0.4, 0.5) is 0 Å². The molecule has 4 heteroatoms. The van der Waals surface area contributed by atoms with Gasteiger partial charge in [-0.1, -0.05) is 12.1 Å². The molecular formula is C12H18N2OS. The molecule has 2 N–H and O–H groups in total. The number of carbonyl (C=O) groups excluding carboxylic acids is 1. The molecule has 0 saturated carbocycles. The van der Waals surface area contributed by atoms with Crippen LogP contribution in [0, 0.1) is 0 Å². The quantitative estimate of drug-likeness (QED) is 0.370. The number of carbonyl (C=O) groups is 1. The Balaban J connectivity index is 2.34. The van der Waals surface area contributed by atoms with Gasteiger partial charge < -0.3 is 0 Å². The van der Waals surface area contributed by atoms with Crippen molar-refractivity contribution < 1.29 is 4.79 Å². The van der Waals surface area contributed by atoms with Gasteiger partial charge in [-0.3, -0.25) is 9.80 Å². The minimum atomic E-state index is -0.0132. The Labute approximate surface area is 101 Å². The molecule has 0 heterocycles. The van der Waals surface area contributed by atoms with Gasteiger partial charge >= 0.3 is 0 Å². The number of nitrogens with two attached hydrogens (primary N) is 1. The molecule has 0 aliphatic carbocycles. The number of hydrogen-bond acceptors (Lipinski definition) is 3. The first-order valence-corrected chi connectivity index (χ1v) is 6.50. The van der Waals surface area contributed by atoms with Gasteiger partial charge in [-0.2, -0.15) is 0 Å². The lowest BCUT2D eigenvalue weighted by Crippen LogP contribution is -2.32. The number of thioether (sulfide) groups is 1. The van der Waals surface area contributed by atoms with E-state index in [0.717, 1.165) is 17.9 Å². The van der Waals surface area contributed by atoms with E-state index in [1.54, 1.807) is 18.8 Å². The van der Waals surface area contributed by atoms with E-state index in [2.05, 4.69) is 30.5 Å². The first-order valence-electron chi connectivity index (χ1n) is 5.27. The molecule has 0 unspecified atom stereocenters. The maximum Gasteiger partial charge on any atom is 0.236 e. The third-order valence-corrected chi connectivity index (χ3v) is 3.15. The van der Waals surface area contributed by atoms with Crippen LogP contribution in [0.1, 0.15) is 18.4 Å². The second-order valence-corrected chi connectivity index (χ2v) is 4.59. The molecule has 0 bridgehead atoms. The molecule has 1 aromatic rings. The van der Waals surface area contributed by atoms with Crippen molar-refractivity contribution in [1.82, 2.24) is 5.01 Å². The van der Waals surface area contributed by atoms with Gasteiger partial charge in [0.1, 0.15) is 0 Å². The molecule has 88 valence electrons. The van der Waals surface area contributed by atoms with Gasteiger partial charge in [0.15, 0.2) is 0 Å². The van der Waals surface area contributed by atoms with E-state index < -0.39 is 0 Å². The largest absolute Gasteiger partial charge is 0.284 e. The van der Waals surface area contributed by atoms with Crippen LogP contribution in [0.25, 0.3) is 0 Å². The number of rotatable bonds is 5. The minimum Gasteiger partial charge on any atom is -0.284 e. The summed E-state index contributed by atoms with van der Waals surface area (Å²) in [4.78, 5) is 12.5. The molecule has 0 aliphatic rings. The van der Waals surface area contributed by atoms with Crippen molar-refractivity contribution in [3.05, 3.63) is 29.8 Å². The highest BCUT2D eigenvalue weighted by molar-refractivity contribution is 7.98. The highest BCUT2D eigenvalue weighted by Crippen LogP contribution is 2.15. The van der Waals surface area contributed by atoms with Crippen molar-refractivity contribution in [3.63, 3.8) is 0 Å². The van der Waals surface area contributed by atoms with Gasteiger partial charge in [0.25, 0.3) is 0 Å². The van der Waals surface area contributed by atoms with E-state index >= 15 is 0 Å². The fourth-order valence-corrected chi connectivity index (χ4v) is 1.82. The second-order valence-electron chi connectivity index (χ2n) is 3.71. The number of hydrogen-bond donors (Lipinski definition) is 1. The summed E-state index contributed by atoms with van der Waals surface area (Å²) in [6, 6.07) is 8.44. The molecule has 0 aromatic heterocycles. The van der Waals surface area contributed by atoms with Crippen LogP contribution in [0.3, 0.4) is 0 Å². The summed E-state index contributed by atoms with van der Waals surface area (Å²) in [5, 5.41) is 1.15. The fraction of sp³-hybridized carbons (Fsp3) is 0.417. The smallest absolute Gasteiger partial charge is 0.236 e. The van der Waals surface area contributed by atoms with E-state index in [1.165, 1.54) is 10.5 Å². The summed E-state index contributed by atoms with van der Waals surface area (Å²) in [7, 11) is 1.58. The van der Waals surface area contributed by atoms with Crippen LogP contribution in [0.5, 0.6) is 0 Å². The third kappa shape index (κ3) is 4.24. The van der Waals surface area contributed by atoms with E-state index in [0.29, 0.717) is 6.42 Å². The Morgan fingerprint density at radius 1 is 1.38 bits per heavy atom. The summed E-state index contributed by atoms with van der Waals surface area (Å²) < 4.78 is 0. The Kier molecular flexibility index (Phi) is 5.35. The molecule has 0 fully saturated rings. The van der Waals surface area contributed by atoms with Crippen LogP contribution >= 0.6 is 11.8 Å². The third-order valence-electron chi connectivity index (χ3n) is 2.41. The number of nitrogens with zero attached hydrogens (tertiary/aromatic N) is 1. The lowest BCUT2D eigenvalue weighted by atomic mass is 10.1. The summed E-state index contributed by atoms with van der Waals surface area (Å²) in [5.41, 5.74) is 1.27. The predicted molar refractivity (Wildman–Crippen MR) is 68.1 cm³/mol. The summed E-state index contributed by atoms with van der Waals surface area (Å²) in [6.07, 6.45) is 4.34. The van der Waals surface area contributed by atoms with E-state index in [9.17, 15) is 4.79 Å². The summed E-state index contributed by atoms with van der Waals surface area (Å²) in [6.45, 7) is 0. The van der Waals surface area contributed by atoms with Crippen molar-refractivity contribution in [2.45, 2.75) is 24.2 Å². The number of amides is 1. The molecule has 1 aromatic carbocycles. The van der Waals surface area contributed by atoms with Gasteiger partial charge in [0, 0.05) is 18.4 Å². The molecule has 0 atom stereocenters. The van der Waals surface area contributed by atoms with Gasteiger partial charge in [0.2, 0.25) is 5.91 Å². The molecule has 1 rings (SSSR count). The minimum absolute atomic E-state index is 0.0132. The highest BCUT2D eigenvalue weighted by Gasteiger charge is 2.03. The van der Waals surface area contributed by atoms with Crippen molar-refractivity contribution in [2.24, 2.45) is 5.84 Å². The maximum atomic E-state index is 11.2. The van der Waals surface area contributed by atoms with Gasteiger partial charge in [-0.05, 0) is 36.8 Å². The molecule has 0 aliphatic heterocycles. The van der Waals surface area contributed by atoms with Gasteiger partial charge in [-0.25, -0.2) is 5.84 Å². The molecule has 0 radical (unpaired) electrons. The number of hydrazine groups is 1. The van der Waals surface area contributed by atoms with E-state index in [4.69, 9.17) is 5.84 Å².